The van der Waals surface area contributed by atoms with Gasteiger partial charge in [0.1, 0.15) is 11.7 Å². The minimum Gasteiger partial charge on any atom is -0.368 e. The quantitative estimate of drug-likeness (QED) is 0.196. The smallest absolute Gasteiger partial charge is 0.142 e. The Bertz CT molecular complexity index is 908. The first-order chi connectivity index (χ1) is 16.0. The maximum absolute atomic E-state index is 14.2. The lowest BCUT2D eigenvalue weighted by atomic mass is 9.90. The Kier molecular flexibility index (Phi) is 11.7. The van der Waals surface area contributed by atoms with Crippen LogP contribution in [0.2, 0.25) is 5.02 Å². The predicted octanol–water partition coefficient (Wildman–Crippen LogP) is 7.95. The molecule has 0 radical (unpaired) electrons. The number of rotatable bonds is 11. The minimum absolute atomic E-state index is 0.0552. The van der Waals surface area contributed by atoms with Crippen molar-refractivity contribution in [3.8, 4) is 0 Å². The maximum Gasteiger partial charge on any atom is 0.142 e. The molecule has 1 aromatic carbocycles. The van der Waals surface area contributed by atoms with Gasteiger partial charge in [0.05, 0.1) is 5.02 Å². The first-order valence-corrected chi connectivity index (χ1v) is 12.2. The van der Waals surface area contributed by atoms with Gasteiger partial charge in [-0.05, 0) is 73.4 Å². The molecule has 2 rings (SSSR count). The topological polar surface area (TPSA) is 36.4 Å². The molecule has 1 saturated carbocycles. The van der Waals surface area contributed by atoms with Gasteiger partial charge in [0.2, 0.25) is 0 Å². The van der Waals surface area contributed by atoms with Crippen molar-refractivity contribution in [3.05, 3.63) is 95.7 Å². The zero-order chi connectivity index (χ0) is 24.1. The highest BCUT2D eigenvalue weighted by atomic mass is 35.5. The molecule has 1 atom stereocenters. The number of halogens is 2. The molecule has 2 N–H and O–H groups in total. The van der Waals surface area contributed by atoms with E-state index in [0.29, 0.717) is 6.04 Å². The van der Waals surface area contributed by atoms with Crippen LogP contribution < -0.4 is 10.6 Å². The van der Waals surface area contributed by atoms with Crippen LogP contribution in [0.1, 0.15) is 70.3 Å². The summed E-state index contributed by atoms with van der Waals surface area (Å²) in [6.45, 7) is 11.7. The van der Waals surface area contributed by atoms with E-state index in [-0.39, 0.29) is 10.9 Å². The predicted molar refractivity (Wildman–Crippen MR) is 141 cm³/mol. The summed E-state index contributed by atoms with van der Waals surface area (Å²) in [5, 5.41) is 6.75. The average molecular weight is 470 g/mol. The fourth-order valence-electron chi connectivity index (χ4n) is 4.10. The molecular formula is C28H37ClFN3. The Labute approximate surface area is 203 Å². The number of nitrogens with one attached hydrogen (secondary N) is 2. The molecule has 0 bridgehead atoms. The van der Waals surface area contributed by atoms with Gasteiger partial charge < -0.3 is 10.6 Å². The van der Waals surface area contributed by atoms with Crippen LogP contribution in [0.5, 0.6) is 0 Å². The number of hydrogen-bond donors (Lipinski definition) is 2. The second-order valence-corrected chi connectivity index (χ2v) is 8.81. The zero-order valence-electron chi connectivity index (χ0n) is 19.9. The summed E-state index contributed by atoms with van der Waals surface area (Å²) >= 11 is 5.91. The van der Waals surface area contributed by atoms with Gasteiger partial charge in [-0.1, -0.05) is 69.5 Å². The molecule has 178 valence electrons. The second kappa shape index (κ2) is 14.5. The maximum atomic E-state index is 14.2. The summed E-state index contributed by atoms with van der Waals surface area (Å²) < 4.78 is 14.2. The number of benzene rings is 1. The van der Waals surface area contributed by atoms with Crippen molar-refractivity contribution in [2.24, 2.45) is 4.99 Å². The highest BCUT2D eigenvalue weighted by Crippen LogP contribution is 2.29. The highest BCUT2D eigenvalue weighted by Gasteiger charge is 2.15. The normalized spacial score (nSPS) is 17.2. The molecule has 0 saturated heterocycles. The summed E-state index contributed by atoms with van der Waals surface area (Å²) in [4.78, 5) is 4.48. The van der Waals surface area contributed by atoms with E-state index < -0.39 is 5.82 Å². The van der Waals surface area contributed by atoms with Gasteiger partial charge in [0, 0.05) is 24.4 Å². The summed E-state index contributed by atoms with van der Waals surface area (Å²) in [5.74, 6) is 0.480. The molecule has 1 fully saturated rings. The van der Waals surface area contributed by atoms with Gasteiger partial charge in [0.25, 0.3) is 0 Å². The first kappa shape index (κ1) is 26.7. The Hall–Kier alpha value is -2.59. The third kappa shape index (κ3) is 9.05. The van der Waals surface area contributed by atoms with Gasteiger partial charge in [-0.3, -0.25) is 0 Å². The van der Waals surface area contributed by atoms with E-state index in [9.17, 15) is 4.39 Å². The van der Waals surface area contributed by atoms with Crippen LogP contribution in [0.25, 0.3) is 0 Å². The molecule has 1 aromatic rings. The van der Waals surface area contributed by atoms with E-state index in [1.807, 2.05) is 18.3 Å². The lowest BCUT2D eigenvalue weighted by Crippen LogP contribution is -2.35. The van der Waals surface area contributed by atoms with E-state index in [4.69, 9.17) is 11.6 Å². The SMILES string of the molecule is C=C/N=C(\C=C(/C)C(=CC(CCC)c1ccc(Cl)c(F)c1)/C=C\NC=C)NC1CCCCC1. The average Bonchev–Trinajstić information content (AvgIpc) is 2.80. The van der Waals surface area contributed by atoms with E-state index in [1.165, 1.54) is 25.3 Å². The summed E-state index contributed by atoms with van der Waals surface area (Å²) in [5.41, 5.74) is 2.99. The number of hydrogen-bond acceptors (Lipinski definition) is 2. The summed E-state index contributed by atoms with van der Waals surface area (Å²) in [7, 11) is 0. The van der Waals surface area contributed by atoms with Crippen LogP contribution in [0.4, 0.5) is 4.39 Å². The third-order valence-corrected chi connectivity index (χ3v) is 6.13. The van der Waals surface area contributed by atoms with Crippen molar-refractivity contribution in [3.63, 3.8) is 0 Å². The molecule has 1 aliphatic carbocycles. The van der Waals surface area contributed by atoms with Crippen LogP contribution in [0, 0.1) is 5.82 Å². The van der Waals surface area contributed by atoms with Crippen LogP contribution >= 0.6 is 11.6 Å². The largest absolute Gasteiger partial charge is 0.368 e. The first-order valence-electron chi connectivity index (χ1n) is 11.8. The van der Waals surface area contributed by atoms with Crippen LogP contribution in [0.15, 0.2) is 84.3 Å². The third-order valence-electron chi connectivity index (χ3n) is 5.83. The van der Waals surface area contributed by atoms with Crippen LogP contribution in [-0.2, 0) is 0 Å². The highest BCUT2D eigenvalue weighted by molar-refractivity contribution is 6.30. The van der Waals surface area contributed by atoms with Gasteiger partial charge >= 0.3 is 0 Å². The van der Waals surface area contributed by atoms with Gasteiger partial charge in [0.15, 0.2) is 0 Å². The zero-order valence-corrected chi connectivity index (χ0v) is 20.7. The van der Waals surface area contributed by atoms with Gasteiger partial charge in [-0.15, -0.1) is 0 Å². The van der Waals surface area contributed by atoms with Crippen LogP contribution in [0.3, 0.4) is 0 Å². The van der Waals surface area contributed by atoms with Crippen LogP contribution in [-0.4, -0.2) is 11.9 Å². The monoisotopic (exact) mass is 469 g/mol. The standard InChI is InChI=1S/C28H37ClFN3/c1-5-11-23(24-14-15-26(29)27(30)20-24)19-22(16-17-31-6-2)21(4)18-28(32-7-3)33-25-12-9-8-10-13-25/h6-7,14-20,23,25,31H,2-3,5,8-13H2,1,4H3,(H,32,33)/b17-16-,21-18+,22-19?. The number of aliphatic imine (C=N–C) groups is 1. The Morgan fingerprint density at radius 3 is 2.67 bits per heavy atom. The number of allylic oxidation sites excluding steroid dienone is 4. The molecule has 0 aromatic heterocycles. The van der Waals surface area contributed by atoms with Gasteiger partial charge in [-0.25, -0.2) is 9.38 Å². The van der Waals surface area contributed by atoms with E-state index in [1.54, 1.807) is 18.5 Å². The van der Waals surface area contributed by atoms with E-state index in [2.05, 4.69) is 54.8 Å². The minimum atomic E-state index is -0.390. The molecule has 1 unspecified atom stereocenters. The molecule has 5 heteroatoms. The van der Waals surface area contributed by atoms with Crippen molar-refractivity contribution in [2.45, 2.75) is 70.8 Å². The summed E-state index contributed by atoms with van der Waals surface area (Å²) in [6, 6.07) is 5.51. The van der Waals surface area contributed by atoms with Crippen molar-refractivity contribution < 1.29 is 4.39 Å². The second-order valence-electron chi connectivity index (χ2n) is 8.40. The molecule has 0 spiro atoms. The van der Waals surface area contributed by atoms with Crippen molar-refractivity contribution in [1.82, 2.24) is 10.6 Å². The Morgan fingerprint density at radius 1 is 1.27 bits per heavy atom. The molecule has 33 heavy (non-hydrogen) atoms. The molecule has 1 aliphatic rings. The Balaban J connectivity index is 2.40. The van der Waals surface area contributed by atoms with Crippen molar-refractivity contribution in [1.29, 1.82) is 0 Å². The number of amidine groups is 1. The molecule has 0 aliphatic heterocycles. The van der Waals surface area contributed by atoms with Gasteiger partial charge in [-0.2, -0.15) is 0 Å². The Morgan fingerprint density at radius 2 is 2.03 bits per heavy atom. The number of nitrogens with zero attached hydrogens (tertiary/aromatic N) is 1. The van der Waals surface area contributed by atoms with E-state index >= 15 is 0 Å². The summed E-state index contributed by atoms with van der Waals surface area (Å²) in [6.07, 6.45) is 19.3. The fourth-order valence-corrected chi connectivity index (χ4v) is 4.22. The molecular weight excluding hydrogens is 433 g/mol. The van der Waals surface area contributed by atoms with Crippen molar-refractivity contribution >= 4 is 17.4 Å². The van der Waals surface area contributed by atoms with E-state index in [0.717, 1.165) is 48.2 Å². The van der Waals surface area contributed by atoms with Crippen molar-refractivity contribution in [2.75, 3.05) is 0 Å². The molecule has 3 nitrogen and oxygen atoms in total. The lowest BCUT2D eigenvalue weighted by molar-refractivity contribution is 0.414. The molecule has 0 amide bonds. The fraction of sp³-hybridized carbons (Fsp3) is 0.393. The lowest BCUT2D eigenvalue weighted by Gasteiger charge is -2.24. The molecule has 0 heterocycles.